The second kappa shape index (κ2) is 4.56. The predicted molar refractivity (Wildman–Crippen MR) is 68.3 cm³/mol. The van der Waals surface area contributed by atoms with Crippen molar-refractivity contribution >= 4 is 11.7 Å². The topological polar surface area (TPSA) is 46.1 Å². The molecule has 1 aliphatic carbocycles. The highest BCUT2D eigenvalue weighted by atomic mass is 16.2. The summed E-state index contributed by atoms with van der Waals surface area (Å²) in [6.45, 7) is 0. The van der Waals surface area contributed by atoms with Crippen molar-refractivity contribution in [3.8, 4) is 0 Å². The van der Waals surface area contributed by atoms with Gasteiger partial charge in [0.1, 0.15) is 11.5 Å². The second-order valence-corrected chi connectivity index (χ2v) is 4.31. The minimum absolute atomic E-state index is 0.0724. The van der Waals surface area contributed by atoms with Gasteiger partial charge in [-0.05, 0) is 37.1 Å². The summed E-state index contributed by atoms with van der Waals surface area (Å²) in [5.74, 6) is 0.632. The molecule has 1 fully saturated rings. The second-order valence-electron chi connectivity index (χ2n) is 4.31. The normalized spacial score (nSPS) is 14.2. The number of amides is 1. The fourth-order valence-electron chi connectivity index (χ4n) is 1.90. The fraction of sp³-hybridized carbons (Fsp3) is 0.214. The summed E-state index contributed by atoms with van der Waals surface area (Å²) in [4.78, 5) is 22.6. The zero-order valence-electron chi connectivity index (χ0n) is 9.86. The number of carbonyl (C=O) groups is 1. The van der Waals surface area contributed by atoms with Gasteiger partial charge >= 0.3 is 0 Å². The Hall–Kier alpha value is -2.23. The molecule has 1 amide bonds. The third-order valence-electron chi connectivity index (χ3n) is 2.91. The number of aromatic nitrogens is 2. The van der Waals surface area contributed by atoms with Crippen LogP contribution in [-0.2, 0) is 0 Å². The van der Waals surface area contributed by atoms with E-state index in [0.717, 1.165) is 12.8 Å². The molecule has 2 aromatic heterocycles. The van der Waals surface area contributed by atoms with Crippen molar-refractivity contribution in [3.63, 3.8) is 0 Å². The monoisotopic (exact) mass is 239 g/mol. The molecule has 1 saturated carbocycles. The Balaban J connectivity index is 1.94. The van der Waals surface area contributed by atoms with E-state index in [2.05, 4.69) is 9.97 Å². The van der Waals surface area contributed by atoms with Gasteiger partial charge in [-0.3, -0.25) is 14.7 Å². The van der Waals surface area contributed by atoms with Gasteiger partial charge in [0.25, 0.3) is 5.91 Å². The Morgan fingerprint density at radius 3 is 2.33 bits per heavy atom. The first-order chi connectivity index (χ1) is 8.86. The van der Waals surface area contributed by atoms with Gasteiger partial charge in [-0.2, -0.15) is 0 Å². The number of anilines is 1. The molecule has 0 radical (unpaired) electrons. The van der Waals surface area contributed by atoms with Gasteiger partial charge in [0, 0.05) is 18.4 Å². The van der Waals surface area contributed by atoms with Gasteiger partial charge in [0.2, 0.25) is 0 Å². The van der Waals surface area contributed by atoms with Crippen LogP contribution in [0.5, 0.6) is 0 Å². The van der Waals surface area contributed by atoms with Crippen LogP contribution in [0.25, 0.3) is 0 Å². The number of hydrogen-bond acceptors (Lipinski definition) is 3. The summed E-state index contributed by atoms with van der Waals surface area (Å²) in [6, 6.07) is 11.2. The fourth-order valence-corrected chi connectivity index (χ4v) is 1.90. The first-order valence-corrected chi connectivity index (χ1v) is 6.02. The van der Waals surface area contributed by atoms with Crippen LogP contribution >= 0.6 is 0 Å². The molecule has 0 bridgehead atoms. The van der Waals surface area contributed by atoms with Gasteiger partial charge in [-0.25, -0.2) is 4.98 Å². The number of nitrogens with zero attached hydrogens (tertiary/aromatic N) is 3. The smallest absolute Gasteiger partial charge is 0.278 e. The van der Waals surface area contributed by atoms with Crippen LogP contribution < -0.4 is 4.90 Å². The number of rotatable bonds is 3. The Kier molecular flexibility index (Phi) is 2.76. The van der Waals surface area contributed by atoms with Gasteiger partial charge < -0.3 is 0 Å². The molecular formula is C14H13N3O. The summed E-state index contributed by atoms with van der Waals surface area (Å²) in [6.07, 6.45) is 5.41. The molecule has 3 rings (SSSR count). The maximum Gasteiger partial charge on any atom is 0.278 e. The summed E-state index contributed by atoms with van der Waals surface area (Å²) in [7, 11) is 0. The molecule has 0 aliphatic heterocycles. The van der Waals surface area contributed by atoms with Crippen LogP contribution in [0.1, 0.15) is 23.3 Å². The van der Waals surface area contributed by atoms with E-state index in [-0.39, 0.29) is 11.9 Å². The van der Waals surface area contributed by atoms with Crippen LogP contribution in [0.4, 0.5) is 5.82 Å². The van der Waals surface area contributed by atoms with Crippen LogP contribution in [0, 0.1) is 0 Å². The van der Waals surface area contributed by atoms with E-state index >= 15 is 0 Å². The Morgan fingerprint density at radius 2 is 1.78 bits per heavy atom. The van der Waals surface area contributed by atoms with Crippen molar-refractivity contribution in [2.45, 2.75) is 18.9 Å². The van der Waals surface area contributed by atoms with Crippen molar-refractivity contribution in [2.24, 2.45) is 0 Å². The maximum atomic E-state index is 12.5. The van der Waals surface area contributed by atoms with Gasteiger partial charge in [0.15, 0.2) is 0 Å². The highest BCUT2D eigenvalue weighted by Gasteiger charge is 2.35. The van der Waals surface area contributed by atoms with E-state index in [4.69, 9.17) is 0 Å². The highest BCUT2D eigenvalue weighted by molar-refractivity contribution is 6.04. The van der Waals surface area contributed by atoms with Crippen LogP contribution in [0.15, 0.2) is 48.8 Å². The van der Waals surface area contributed by atoms with E-state index < -0.39 is 0 Å². The quantitative estimate of drug-likeness (QED) is 0.825. The van der Waals surface area contributed by atoms with E-state index in [0.29, 0.717) is 11.5 Å². The Labute approximate surface area is 105 Å². The van der Waals surface area contributed by atoms with Gasteiger partial charge in [-0.15, -0.1) is 0 Å². The zero-order valence-corrected chi connectivity index (χ0v) is 9.86. The average molecular weight is 239 g/mol. The van der Waals surface area contributed by atoms with Crippen LogP contribution in [-0.4, -0.2) is 21.9 Å². The van der Waals surface area contributed by atoms with Crippen molar-refractivity contribution in [1.29, 1.82) is 0 Å². The van der Waals surface area contributed by atoms with Crippen molar-refractivity contribution in [3.05, 3.63) is 54.5 Å². The SMILES string of the molecule is O=C(c1ccccn1)N(c1ccccn1)C1CC1. The average Bonchev–Trinajstić information content (AvgIpc) is 3.26. The van der Waals surface area contributed by atoms with E-state index in [9.17, 15) is 4.79 Å². The molecule has 2 aromatic rings. The van der Waals surface area contributed by atoms with E-state index in [1.165, 1.54) is 0 Å². The number of carbonyl (C=O) groups excluding carboxylic acids is 1. The molecule has 4 nitrogen and oxygen atoms in total. The molecule has 1 aliphatic rings. The first-order valence-electron chi connectivity index (χ1n) is 6.02. The van der Waals surface area contributed by atoms with Crippen LogP contribution in [0.3, 0.4) is 0 Å². The summed E-state index contributed by atoms with van der Waals surface area (Å²) < 4.78 is 0. The largest absolute Gasteiger partial charge is 0.288 e. The summed E-state index contributed by atoms with van der Waals surface area (Å²) in [5.41, 5.74) is 0.468. The molecule has 0 aromatic carbocycles. The lowest BCUT2D eigenvalue weighted by atomic mass is 10.3. The molecule has 0 spiro atoms. The van der Waals surface area contributed by atoms with Gasteiger partial charge in [-0.1, -0.05) is 12.1 Å². The standard InChI is InChI=1S/C14H13N3O/c18-14(12-5-1-3-9-15-12)17(11-7-8-11)13-6-2-4-10-16-13/h1-6,9-11H,7-8H2. The van der Waals surface area contributed by atoms with Crippen molar-refractivity contribution in [1.82, 2.24) is 9.97 Å². The zero-order chi connectivity index (χ0) is 12.4. The third kappa shape index (κ3) is 2.09. The minimum Gasteiger partial charge on any atom is -0.288 e. The molecular weight excluding hydrogens is 226 g/mol. The lowest BCUT2D eigenvalue weighted by Crippen LogP contribution is -2.34. The van der Waals surface area contributed by atoms with Crippen molar-refractivity contribution < 1.29 is 4.79 Å². The van der Waals surface area contributed by atoms with E-state index in [1.807, 2.05) is 24.3 Å². The molecule has 0 saturated heterocycles. The van der Waals surface area contributed by atoms with E-state index in [1.54, 1.807) is 29.4 Å². The minimum atomic E-state index is -0.0724. The number of pyridine rings is 2. The first kappa shape index (κ1) is 10.9. The Morgan fingerprint density at radius 1 is 1.06 bits per heavy atom. The van der Waals surface area contributed by atoms with Gasteiger partial charge in [0.05, 0.1) is 0 Å². The molecule has 0 N–H and O–H groups in total. The lowest BCUT2D eigenvalue weighted by molar-refractivity contribution is 0.0979. The lowest BCUT2D eigenvalue weighted by Gasteiger charge is -2.20. The molecule has 2 heterocycles. The van der Waals surface area contributed by atoms with Crippen LogP contribution in [0.2, 0.25) is 0 Å². The summed E-state index contributed by atoms with van der Waals surface area (Å²) in [5, 5.41) is 0. The highest BCUT2D eigenvalue weighted by Crippen LogP contribution is 2.31. The van der Waals surface area contributed by atoms with Crippen molar-refractivity contribution in [2.75, 3.05) is 4.90 Å². The molecule has 4 heteroatoms. The molecule has 0 atom stereocenters. The number of hydrogen-bond donors (Lipinski definition) is 0. The molecule has 0 unspecified atom stereocenters. The molecule has 18 heavy (non-hydrogen) atoms. The molecule has 90 valence electrons. The Bertz CT molecular complexity index is 537. The predicted octanol–water partition coefficient (Wildman–Crippen LogP) is 2.29. The third-order valence-corrected chi connectivity index (χ3v) is 2.91. The summed E-state index contributed by atoms with van der Waals surface area (Å²) >= 11 is 0. The maximum absolute atomic E-state index is 12.5.